The van der Waals surface area contributed by atoms with Crippen molar-refractivity contribution in [2.45, 2.75) is 11.8 Å². The molecule has 1 amide bonds. The van der Waals surface area contributed by atoms with Crippen LogP contribution in [-0.2, 0) is 4.79 Å². The smallest absolute Gasteiger partial charge is 0.248 e. The topological polar surface area (TPSA) is 29.1 Å². The quantitative estimate of drug-likeness (QED) is 0.633. The van der Waals surface area contributed by atoms with Crippen LogP contribution in [0.2, 0.25) is 5.02 Å². The van der Waals surface area contributed by atoms with Crippen molar-refractivity contribution < 1.29 is 4.79 Å². The van der Waals surface area contributed by atoms with E-state index in [1.165, 1.54) is 11.0 Å². The van der Waals surface area contributed by atoms with E-state index in [2.05, 4.69) is 5.32 Å². The lowest BCUT2D eigenvalue weighted by Crippen LogP contribution is -2.08. The molecular weight excluding hydrogens is 302 g/mol. The second-order valence-corrected chi connectivity index (χ2v) is 5.87. The van der Waals surface area contributed by atoms with Gasteiger partial charge in [0.1, 0.15) is 0 Å². The predicted molar refractivity (Wildman–Crippen MR) is 92.1 cm³/mol. The lowest BCUT2D eigenvalue weighted by atomic mass is 10.2. The van der Waals surface area contributed by atoms with Gasteiger partial charge in [0.05, 0.1) is 10.7 Å². The van der Waals surface area contributed by atoms with Gasteiger partial charge in [-0.15, -0.1) is 11.8 Å². The Bertz CT molecular complexity index is 665. The van der Waals surface area contributed by atoms with E-state index in [4.69, 9.17) is 11.6 Å². The van der Waals surface area contributed by atoms with Gasteiger partial charge in [0.2, 0.25) is 5.91 Å². The highest BCUT2D eigenvalue weighted by molar-refractivity contribution is 7.98. The van der Waals surface area contributed by atoms with Crippen molar-refractivity contribution in [3.63, 3.8) is 0 Å². The molecule has 0 aromatic heterocycles. The van der Waals surface area contributed by atoms with Crippen molar-refractivity contribution in [3.8, 4) is 0 Å². The maximum absolute atomic E-state index is 11.9. The van der Waals surface area contributed by atoms with Crippen LogP contribution in [0.3, 0.4) is 0 Å². The van der Waals surface area contributed by atoms with Crippen LogP contribution < -0.4 is 5.32 Å². The Hall–Kier alpha value is -1.71. The van der Waals surface area contributed by atoms with Gasteiger partial charge in [-0.2, -0.15) is 0 Å². The van der Waals surface area contributed by atoms with E-state index in [1.807, 2.05) is 49.6 Å². The summed E-state index contributed by atoms with van der Waals surface area (Å²) in [4.78, 5) is 13.1. The molecule has 0 saturated carbocycles. The van der Waals surface area contributed by atoms with Gasteiger partial charge in [-0.05, 0) is 54.6 Å². The van der Waals surface area contributed by atoms with E-state index in [9.17, 15) is 4.79 Å². The van der Waals surface area contributed by atoms with E-state index in [1.54, 1.807) is 23.9 Å². The first kappa shape index (κ1) is 15.7. The molecule has 2 aromatic carbocycles. The van der Waals surface area contributed by atoms with Gasteiger partial charge in [-0.3, -0.25) is 4.79 Å². The van der Waals surface area contributed by atoms with Crippen LogP contribution in [0, 0.1) is 6.92 Å². The predicted octanol–water partition coefficient (Wildman–Crippen LogP) is 5.02. The largest absolute Gasteiger partial charge is 0.321 e. The number of hydrogen-bond acceptors (Lipinski definition) is 2. The minimum Gasteiger partial charge on any atom is -0.321 e. The Kier molecular flexibility index (Phi) is 5.48. The van der Waals surface area contributed by atoms with Crippen molar-refractivity contribution in [1.29, 1.82) is 0 Å². The molecule has 0 aliphatic rings. The summed E-state index contributed by atoms with van der Waals surface area (Å²) in [6, 6.07) is 13.5. The van der Waals surface area contributed by atoms with Gasteiger partial charge in [0.15, 0.2) is 0 Å². The zero-order valence-corrected chi connectivity index (χ0v) is 13.5. The molecular formula is C17H16ClNOS. The molecule has 0 spiro atoms. The summed E-state index contributed by atoms with van der Waals surface area (Å²) in [7, 11) is 0. The standard InChI is InChI=1S/C17H16ClNOS/c1-12-3-9-16(15(18)11-12)19-17(20)10-6-13-4-7-14(21-2)8-5-13/h3-11H,1-2H3,(H,19,20)/b10-6+. The molecule has 2 rings (SSSR count). The molecule has 0 unspecified atom stereocenters. The van der Waals surface area contributed by atoms with Gasteiger partial charge in [0.25, 0.3) is 0 Å². The second-order valence-electron chi connectivity index (χ2n) is 4.58. The van der Waals surface area contributed by atoms with Crippen LogP contribution in [0.5, 0.6) is 0 Å². The molecule has 1 N–H and O–H groups in total. The first-order valence-corrected chi connectivity index (χ1v) is 8.08. The van der Waals surface area contributed by atoms with Gasteiger partial charge >= 0.3 is 0 Å². The summed E-state index contributed by atoms with van der Waals surface area (Å²) in [6.07, 6.45) is 5.31. The normalized spacial score (nSPS) is 10.8. The zero-order chi connectivity index (χ0) is 15.2. The minimum absolute atomic E-state index is 0.199. The lowest BCUT2D eigenvalue weighted by molar-refractivity contribution is -0.111. The van der Waals surface area contributed by atoms with E-state index < -0.39 is 0 Å². The molecule has 0 aliphatic carbocycles. The maximum atomic E-state index is 11.9. The van der Waals surface area contributed by atoms with Crippen LogP contribution in [0.25, 0.3) is 6.08 Å². The van der Waals surface area contributed by atoms with Crippen LogP contribution in [0.4, 0.5) is 5.69 Å². The summed E-state index contributed by atoms with van der Waals surface area (Å²) < 4.78 is 0. The van der Waals surface area contributed by atoms with Crippen LogP contribution >= 0.6 is 23.4 Å². The third kappa shape index (κ3) is 4.66. The molecule has 4 heteroatoms. The number of thioether (sulfide) groups is 1. The molecule has 0 radical (unpaired) electrons. The van der Waals surface area contributed by atoms with Crippen LogP contribution in [0.15, 0.2) is 53.4 Å². The summed E-state index contributed by atoms with van der Waals surface area (Å²) in [5, 5.41) is 3.31. The molecule has 21 heavy (non-hydrogen) atoms. The number of halogens is 1. The van der Waals surface area contributed by atoms with E-state index in [-0.39, 0.29) is 5.91 Å². The third-order valence-electron chi connectivity index (χ3n) is 2.93. The Balaban J connectivity index is 2.01. The van der Waals surface area contributed by atoms with E-state index >= 15 is 0 Å². The summed E-state index contributed by atoms with van der Waals surface area (Å²) in [6.45, 7) is 1.95. The lowest BCUT2D eigenvalue weighted by Gasteiger charge is -2.05. The number of hydrogen-bond donors (Lipinski definition) is 1. The monoisotopic (exact) mass is 317 g/mol. The second kappa shape index (κ2) is 7.34. The van der Waals surface area contributed by atoms with Crippen molar-refractivity contribution in [2.75, 3.05) is 11.6 Å². The highest BCUT2D eigenvalue weighted by Crippen LogP contribution is 2.22. The highest BCUT2D eigenvalue weighted by atomic mass is 35.5. The average molecular weight is 318 g/mol. The number of rotatable bonds is 4. The highest BCUT2D eigenvalue weighted by Gasteiger charge is 2.03. The number of carbonyl (C=O) groups excluding carboxylic acids is 1. The van der Waals surface area contributed by atoms with Gasteiger partial charge in [-0.25, -0.2) is 0 Å². The number of nitrogens with one attached hydrogen (secondary N) is 1. The Morgan fingerprint density at radius 3 is 2.52 bits per heavy atom. The molecule has 0 heterocycles. The first-order valence-electron chi connectivity index (χ1n) is 6.48. The fraction of sp³-hybridized carbons (Fsp3) is 0.118. The van der Waals surface area contributed by atoms with E-state index in [0.717, 1.165) is 11.1 Å². The summed E-state index contributed by atoms with van der Waals surface area (Å²) in [5.41, 5.74) is 2.66. The molecule has 0 aliphatic heterocycles. The Morgan fingerprint density at radius 2 is 1.90 bits per heavy atom. The molecule has 0 atom stereocenters. The third-order valence-corrected chi connectivity index (χ3v) is 3.98. The molecule has 2 nitrogen and oxygen atoms in total. The zero-order valence-electron chi connectivity index (χ0n) is 11.9. The molecule has 0 bridgehead atoms. The molecule has 2 aromatic rings. The number of anilines is 1. The number of carbonyl (C=O) groups is 1. The van der Waals surface area contributed by atoms with Gasteiger partial charge in [0, 0.05) is 11.0 Å². The van der Waals surface area contributed by atoms with E-state index in [0.29, 0.717) is 10.7 Å². The number of amides is 1. The Labute approximate surface area is 134 Å². The molecule has 0 saturated heterocycles. The first-order chi connectivity index (χ1) is 10.1. The van der Waals surface area contributed by atoms with Crippen LogP contribution in [-0.4, -0.2) is 12.2 Å². The Morgan fingerprint density at radius 1 is 1.19 bits per heavy atom. The maximum Gasteiger partial charge on any atom is 0.248 e. The fourth-order valence-electron chi connectivity index (χ4n) is 1.78. The van der Waals surface area contributed by atoms with Crippen molar-refractivity contribution in [2.24, 2.45) is 0 Å². The van der Waals surface area contributed by atoms with Gasteiger partial charge in [-0.1, -0.05) is 29.8 Å². The van der Waals surface area contributed by atoms with Gasteiger partial charge < -0.3 is 5.32 Å². The fourth-order valence-corrected chi connectivity index (χ4v) is 2.47. The van der Waals surface area contributed by atoms with Crippen molar-refractivity contribution in [1.82, 2.24) is 0 Å². The van der Waals surface area contributed by atoms with Crippen molar-refractivity contribution >= 4 is 41.0 Å². The SMILES string of the molecule is CSc1ccc(/C=C/C(=O)Nc2ccc(C)cc2Cl)cc1. The molecule has 108 valence electrons. The number of benzene rings is 2. The molecule has 0 fully saturated rings. The van der Waals surface area contributed by atoms with Crippen molar-refractivity contribution in [3.05, 3.63) is 64.7 Å². The number of aryl methyl sites for hydroxylation is 1. The summed E-state index contributed by atoms with van der Waals surface area (Å²) >= 11 is 7.77. The van der Waals surface area contributed by atoms with Crippen LogP contribution in [0.1, 0.15) is 11.1 Å². The minimum atomic E-state index is -0.199. The average Bonchev–Trinajstić information content (AvgIpc) is 2.48. The summed E-state index contributed by atoms with van der Waals surface area (Å²) in [5.74, 6) is -0.199.